The number of aryl methyl sites for hydroxylation is 1. The first-order valence-electron chi connectivity index (χ1n) is 11.2. The van der Waals surface area contributed by atoms with E-state index >= 15 is 0 Å². The molecule has 0 saturated heterocycles. The summed E-state index contributed by atoms with van der Waals surface area (Å²) in [7, 11) is -2.54. The van der Waals surface area contributed by atoms with Gasteiger partial charge in [-0.3, -0.25) is 10.3 Å². The number of urea groups is 1. The van der Waals surface area contributed by atoms with Gasteiger partial charge in [0.2, 0.25) is 0 Å². The number of benzene rings is 3. The van der Waals surface area contributed by atoms with E-state index in [9.17, 15) is 18.4 Å². The zero-order chi connectivity index (χ0) is 25.7. The van der Waals surface area contributed by atoms with Gasteiger partial charge in [0.15, 0.2) is 0 Å². The number of hydrogen-bond acceptors (Lipinski definition) is 6. The minimum Gasteiger partial charge on any atom is -0.327 e. The zero-order valence-electron chi connectivity index (χ0n) is 19.9. The lowest BCUT2D eigenvalue weighted by Gasteiger charge is -2.21. The first kappa shape index (κ1) is 25.0. The van der Waals surface area contributed by atoms with Gasteiger partial charge < -0.3 is 9.88 Å². The number of rotatable bonds is 8. The van der Waals surface area contributed by atoms with Gasteiger partial charge in [0.05, 0.1) is 16.6 Å². The van der Waals surface area contributed by atoms with Crippen LogP contribution in [-0.4, -0.2) is 36.3 Å². The average Bonchev–Trinajstić information content (AvgIpc) is 3.34. The van der Waals surface area contributed by atoms with Gasteiger partial charge in [-0.25, -0.2) is 22.9 Å². The molecule has 9 nitrogen and oxygen atoms in total. The first-order chi connectivity index (χ1) is 17.2. The summed E-state index contributed by atoms with van der Waals surface area (Å²) < 4.78 is 29.6. The Morgan fingerprint density at radius 2 is 1.69 bits per heavy atom. The topological polar surface area (TPSA) is 117 Å². The molecule has 186 valence electrons. The largest absolute Gasteiger partial charge is 0.329 e. The second-order valence-corrected chi connectivity index (χ2v) is 9.93. The minimum absolute atomic E-state index is 0.0372. The van der Waals surface area contributed by atoms with E-state index in [1.165, 1.54) is 13.1 Å². The normalized spacial score (nSPS) is 12.1. The van der Waals surface area contributed by atoms with Gasteiger partial charge in [0.1, 0.15) is 5.82 Å². The molecular weight excluding hydrogens is 478 g/mol. The Bertz CT molecular complexity index is 1430. The van der Waals surface area contributed by atoms with Crippen LogP contribution < -0.4 is 15.1 Å². The third-order valence-electron chi connectivity index (χ3n) is 5.68. The van der Waals surface area contributed by atoms with E-state index in [0.29, 0.717) is 23.5 Å². The van der Waals surface area contributed by atoms with E-state index in [0.717, 1.165) is 16.3 Å². The number of anilines is 1. The van der Waals surface area contributed by atoms with E-state index in [4.69, 9.17) is 0 Å². The molecule has 3 N–H and O–H groups in total. The van der Waals surface area contributed by atoms with Crippen molar-refractivity contribution in [1.29, 1.82) is 0 Å². The number of aromatic nitrogens is 2. The van der Waals surface area contributed by atoms with Crippen LogP contribution >= 0.6 is 0 Å². The molecule has 4 aromatic rings. The molecule has 0 aliphatic rings. The number of carbonyl (C=O) groups excluding carboxylic acids is 1. The van der Waals surface area contributed by atoms with Gasteiger partial charge in [0.25, 0.3) is 10.0 Å². The highest BCUT2D eigenvalue weighted by Gasteiger charge is 2.25. The molecule has 0 unspecified atom stereocenters. The van der Waals surface area contributed by atoms with Crippen LogP contribution in [0.3, 0.4) is 0 Å². The van der Waals surface area contributed by atoms with Gasteiger partial charge in [-0.05, 0) is 54.8 Å². The predicted molar refractivity (Wildman–Crippen MR) is 137 cm³/mol. The van der Waals surface area contributed by atoms with Crippen molar-refractivity contribution in [2.75, 3.05) is 12.1 Å². The van der Waals surface area contributed by atoms with Gasteiger partial charge in [-0.1, -0.05) is 48.5 Å². The summed E-state index contributed by atoms with van der Waals surface area (Å²) in [6.45, 7) is 1.67. The van der Waals surface area contributed by atoms with Gasteiger partial charge >= 0.3 is 6.03 Å². The van der Waals surface area contributed by atoms with Crippen molar-refractivity contribution in [3.8, 4) is 5.69 Å². The molecule has 0 aliphatic heterocycles. The Hall–Kier alpha value is -4.15. The van der Waals surface area contributed by atoms with Crippen molar-refractivity contribution in [2.24, 2.45) is 0 Å². The molecule has 1 aromatic heterocycles. The molecule has 0 bridgehead atoms. The molecule has 36 heavy (non-hydrogen) atoms. The summed E-state index contributed by atoms with van der Waals surface area (Å²) in [5.41, 5.74) is 2.85. The zero-order valence-corrected chi connectivity index (χ0v) is 20.7. The molecule has 2 amide bonds. The third-order valence-corrected chi connectivity index (χ3v) is 7.17. The van der Waals surface area contributed by atoms with Gasteiger partial charge in [0, 0.05) is 25.1 Å². The first-order valence-corrected chi connectivity index (χ1v) is 12.7. The van der Waals surface area contributed by atoms with Crippen molar-refractivity contribution in [3.63, 3.8) is 0 Å². The molecule has 10 heteroatoms. The van der Waals surface area contributed by atoms with Crippen LogP contribution in [0.5, 0.6) is 0 Å². The number of hydroxylamine groups is 1. The lowest BCUT2D eigenvalue weighted by molar-refractivity contribution is 0.241. The van der Waals surface area contributed by atoms with E-state index < -0.39 is 22.1 Å². The highest BCUT2D eigenvalue weighted by atomic mass is 32.2. The third kappa shape index (κ3) is 5.73. The molecule has 0 radical (unpaired) electrons. The SMILES string of the molecule is Cc1ccccc1S(=O)(=O)NC(=O)N[C@@H](Cc1ccccc1)c1nccn1-c1ccc(N(C)O)cc1. The summed E-state index contributed by atoms with van der Waals surface area (Å²) in [6, 6.07) is 21.6. The predicted octanol–water partition coefficient (Wildman–Crippen LogP) is 3.98. The van der Waals surface area contributed by atoms with Crippen LogP contribution in [0, 0.1) is 6.92 Å². The van der Waals surface area contributed by atoms with Crippen LogP contribution in [-0.2, 0) is 16.4 Å². The summed E-state index contributed by atoms with van der Waals surface area (Å²) in [4.78, 5) is 17.5. The fraction of sp³-hybridized carbons (Fsp3) is 0.154. The van der Waals surface area contributed by atoms with Crippen molar-refractivity contribution < 1.29 is 18.4 Å². The molecule has 0 aliphatic carbocycles. The number of amides is 2. The Morgan fingerprint density at radius 1 is 1.03 bits per heavy atom. The van der Waals surface area contributed by atoms with Crippen LogP contribution in [0.4, 0.5) is 10.5 Å². The smallest absolute Gasteiger partial charge is 0.327 e. The second-order valence-electron chi connectivity index (χ2n) is 8.28. The Labute approximate surface area is 210 Å². The van der Waals surface area contributed by atoms with Crippen LogP contribution in [0.15, 0.2) is 96.2 Å². The summed E-state index contributed by atoms with van der Waals surface area (Å²) in [5.74, 6) is 0.521. The maximum absolute atomic E-state index is 12.9. The fourth-order valence-corrected chi connectivity index (χ4v) is 5.06. The fourth-order valence-electron chi connectivity index (χ4n) is 3.90. The molecule has 1 atom stereocenters. The lowest BCUT2D eigenvalue weighted by atomic mass is 10.1. The number of nitrogens with one attached hydrogen (secondary N) is 2. The molecule has 1 heterocycles. The van der Waals surface area contributed by atoms with Crippen LogP contribution in [0.25, 0.3) is 5.69 Å². The number of imidazole rings is 1. The van der Waals surface area contributed by atoms with Gasteiger partial charge in [-0.15, -0.1) is 0 Å². The monoisotopic (exact) mass is 505 g/mol. The number of hydrogen-bond donors (Lipinski definition) is 3. The lowest BCUT2D eigenvalue weighted by Crippen LogP contribution is -2.42. The van der Waals surface area contributed by atoms with Crippen LogP contribution in [0.1, 0.15) is 23.0 Å². The number of carbonyl (C=O) groups is 1. The average molecular weight is 506 g/mol. The molecule has 4 rings (SSSR count). The molecular formula is C26H27N5O4S. The molecule has 0 saturated carbocycles. The molecule has 0 fully saturated rings. The number of sulfonamides is 1. The molecule has 0 spiro atoms. The van der Waals surface area contributed by atoms with Crippen molar-refractivity contribution in [1.82, 2.24) is 19.6 Å². The summed E-state index contributed by atoms with van der Waals surface area (Å²) >= 11 is 0. The van der Waals surface area contributed by atoms with Crippen molar-refractivity contribution in [2.45, 2.75) is 24.3 Å². The highest BCUT2D eigenvalue weighted by molar-refractivity contribution is 7.90. The number of nitrogens with zero attached hydrogens (tertiary/aromatic N) is 3. The van der Waals surface area contributed by atoms with Crippen molar-refractivity contribution in [3.05, 3.63) is 108 Å². The van der Waals surface area contributed by atoms with Gasteiger partial charge in [-0.2, -0.15) is 0 Å². The maximum Gasteiger partial charge on any atom is 0.329 e. The maximum atomic E-state index is 12.9. The Morgan fingerprint density at radius 3 is 2.36 bits per heavy atom. The summed E-state index contributed by atoms with van der Waals surface area (Å²) in [6.07, 6.45) is 3.75. The van der Waals surface area contributed by atoms with E-state index in [1.807, 2.05) is 47.0 Å². The van der Waals surface area contributed by atoms with E-state index in [2.05, 4.69) is 15.0 Å². The highest BCUT2D eigenvalue weighted by Crippen LogP contribution is 2.23. The Kier molecular flexibility index (Phi) is 7.37. The quantitative estimate of drug-likeness (QED) is 0.312. The second kappa shape index (κ2) is 10.6. The van der Waals surface area contributed by atoms with Crippen molar-refractivity contribution >= 4 is 21.7 Å². The minimum atomic E-state index is -4.07. The van der Waals surface area contributed by atoms with E-state index in [-0.39, 0.29) is 4.90 Å². The Balaban J connectivity index is 1.63. The molecule has 3 aromatic carbocycles. The standard InChI is InChI=1S/C26H27N5O4S/c1-19-8-6-7-11-24(19)36(34,35)29-26(32)28-23(18-20-9-4-3-5-10-20)25-27-16-17-31(25)22-14-12-21(13-15-22)30(2)33/h3-17,23,33H,18H2,1-2H3,(H2,28,29,32)/t23-/m0/s1. The van der Waals surface area contributed by atoms with Crippen LogP contribution in [0.2, 0.25) is 0 Å². The summed E-state index contributed by atoms with van der Waals surface area (Å²) in [5, 5.41) is 13.5. The van der Waals surface area contributed by atoms with E-state index in [1.54, 1.807) is 49.6 Å².